The van der Waals surface area contributed by atoms with Crippen molar-refractivity contribution in [3.05, 3.63) is 35.5 Å². The SMILES string of the molecule is Cc1ccc2c(CC/C(=N/O)C(C)C)c[nH]c2c1. The molecule has 2 rings (SSSR count). The minimum Gasteiger partial charge on any atom is -0.411 e. The van der Waals surface area contributed by atoms with E-state index < -0.39 is 0 Å². The maximum absolute atomic E-state index is 8.95. The topological polar surface area (TPSA) is 48.4 Å². The van der Waals surface area contributed by atoms with Gasteiger partial charge >= 0.3 is 0 Å². The van der Waals surface area contributed by atoms with E-state index in [0.29, 0.717) is 5.92 Å². The molecule has 3 heteroatoms. The summed E-state index contributed by atoms with van der Waals surface area (Å²) in [5.74, 6) is 0.294. The molecule has 1 aromatic heterocycles. The number of aromatic amines is 1. The molecule has 3 nitrogen and oxygen atoms in total. The number of benzene rings is 1. The summed E-state index contributed by atoms with van der Waals surface area (Å²) in [6.07, 6.45) is 3.76. The van der Waals surface area contributed by atoms with E-state index >= 15 is 0 Å². The summed E-state index contributed by atoms with van der Waals surface area (Å²) in [4.78, 5) is 3.30. The highest BCUT2D eigenvalue weighted by Gasteiger charge is 2.09. The van der Waals surface area contributed by atoms with Crippen LogP contribution in [0.3, 0.4) is 0 Å². The van der Waals surface area contributed by atoms with Gasteiger partial charge in [-0.25, -0.2) is 0 Å². The van der Waals surface area contributed by atoms with Crippen molar-refractivity contribution < 1.29 is 5.21 Å². The number of fused-ring (bicyclic) bond motifs is 1. The van der Waals surface area contributed by atoms with Crippen molar-refractivity contribution in [2.24, 2.45) is 11.1 Å². The molecule has 1 aromatic carbocycles. The summed E-state index contributed by atoms with van der Waals surface area (Å²) in [5, 5.41) is 13.6. The zero-order chi connectivity index (χ0) is 13.1. The summed E-state index contributed by atoms with van der Waals surface area (Å²) >= 11 is 0. The number of aryl methyl sites for hydroxylation is 2. The van der Waals surface area contributed by atoms with E-state index in [4.69, 9.17) is 5.21 Å². The van der Waals surface area contributed by atoms with Gasteiger partial charge in [-0.2, -0.15) is 0 Å². The molecule has 2 aromatic rings. The van der Waals surface area contributed by atoms with Crippen LogP contribution in [-0.4, -0.2) is 15.9 Å². The minimum atomic E-state index is 0.294. The van der Waals surface area contributed by atoms with E-state index in [0.717, 1.165) is 18.6 Å². The van der Waals surface area contributed by atoms with Crippen LogP contribution in [0.4, 0.5) is 0 Å². The van der Waals surface area contributed by atoms with Gasteiger partial charge in [0.05, 0.1) is 5.71 Å². The summed E-state index contributed by atoms with van der Waals surface area (Å²) in [5.41, 5.74) is 4.58. The molecule has 0 aliphatic heterocycles. The first-order valence-corrected chi connectivity index (χ1v) is 6.39. The quantitative estimate of drug-likeness (QED) is 0.478. The van der Waals surface area contributed by atoms with E-state index in [1.54, 1.807) is 0 Å². The molecule has 0 radical (unpaired) electrons. The van der Waals surface area contributed by atoms with Gasteiger partial charge in [-0.3, -0.25) is 0 Å². The fourth-order valence-corrected chi connectivity index (χ4v) is 2.22. The molecule has 0 fully saturated rings. The molecular formula is C15H20N2O. The molecule has 0 saturated heterocycles. The van der Waals surface area contributed by atoms with Crippen molar-refractivity contribution in [2.75, 3.05) is 0 Å². The normalized spacial score (nSPS) is 12.6. The maximum Gasteiger partial charge on any atom is 0.0599 e. The summed E-state index contributed by atoms with van der Waals surface area (Å²) in [7, 11) is 0. The van der Waals surface area contributed by atoms with Gasteiger partial charge < -0.3 is 10.2 Å². The monoisotopic (exact) mass is 244 g/mol. The van der Waals surface area contributed by atoms with Crippen molar-refractivity contribution in [2.45, 2.75) is 33.6 Å². The lowest BCUT2D eigenvalue weighted by Crippen LogP contribution is -2.08. The van der Waals surface area contributed by atoms with Gasteiger partial charge in [0, 0.05) is 17.1 Å². The van der Waals surface area contributed by atoms with E-state index in [2.05, 4.69) is 41.5 Å². The zero-order valence-corrected chi connectivity index (χ0v) is 11.2. The van der Waals surface area contributed by atoms with Crippen LogP contribution in [0.25, 0.3) is 10.9 Å². The third kappa shape index (κ3) is 2.55. The lowest BCUT2D eigenvalue weighted by Gasteiger charge is -2.07. The van der Waals surface area contributed by atoms with Crippen LogP contribution in [0.1, 0.15) is 31.4 Å². The van der Waals surface area contributed by atoms with Gasteiger partial charge in [0.2, 0.25) is 0 Å². The Morgan fingerprint density at radius 1 is 1.39 bits per heavy atom. The lowest BCUT2D eigenvalue weighted by atomic mass is 9.99. The Morgan fingerprint density at radius 3 is 2.83 bits per heavy atom. The minimum absolute atomic E-state index is 0.294. The Morgan fingerprint density at radius 2 is 2.17 bits per heavy atom. The Hall–Kier alpha value is -1.77. The average molecular weight is 244 g/mol. The van der Waals surface area contributed by atoms with E-state index in [1.165, 1.54) is 22.0 Å². The van der Waals surface area contributed by atoms with Crippen LogP contribution in [-0.2, 0) is 6.42 Å². The standard InChI is InChI=1S/C15H20N2O/c1-10(2)14(17-18)7-5-12-9-16-15-8-11(3)4-6-13(12)15/h4,6,8-10,16,18H,5,7H2,1-3H3/b17-14-. The maximum atomic E-state index is 8.95. The third-order valence-electron chi connectivity index (χ3n) is 3.37. The van der Waals surface area contributed by atoms with Crippen LogP contribution in [0.2, 0.25) is 0 Å². The first-order chi connectivity index (χ1) is 8.61. The molecular weight excluding hydrogens is 224 g/mol. The van der Waals surface area contributed by atoms with Crippen LogP contribution in [0, 0.1) is 12.8 Å². The number of hydrogen-bond acceptors (Lipinski definition) is 2. The second-order valence-electron chi connectivity index (χ2n) is 5.11. The average Bonchev–Trinajstić information content (AvgIpc) is 2.72. The lowest BCUT2D eigenvalue weighted by molar-refractivity contribution is 0.314. The number of nitrogens with one attached hydrogen (secondary N) is 1. The van der Waals surface area contributed by atoms with E-state index in [1.807, 2.05) is 13.8 Å². The molecule has 2 N–H and O–H groups in total. The summed E-state index contributed by atoms with van der Waals surface area (Å²) in [6.45, 7) is 6.19. The molecule has 96 valence electrons. The van der Waals surface area contributed by atoms with Gasteiger partial charge in [-0.1, -0.05) is 31.1 Å². The van der Waals surface area contributed by atoms with Crippen molar-refractivity contribution in [1.82, 2.24) is 4.98 Å². The molecule has 0 saturated carbocycles. The van der Waals surface area contributed by atoms with Crippen molar-refractivity contribution >= 4 is 16.6 Å². The van der Waals surface area contributed by atoms with Crippen molar-refractivity contribution in [1.29, 1.82) is 0 Å². The van der Waals surface area contributed by atoms with Crippen molar-refractivity contribution in [3.8, 4) is 0 Å². The molecule has 0 amide bonds. The highest BCUT2D eigenvalue weighted by molar-refractivity contribution is 5.87. The number of nitrogens with zero attached hydrogens (tertiary/aromatic N) is 1. The molecule has 0 unspecified atom stereocenters. The number of hydrogen-bond donors (Lipinski definition) is 2. The summed E-state index contributed by atoms with van der Waals surface area (Å²) in [6, 6.07) is 6.44. The second kappa shape index (κ2) is 5.25. The van der Waals surface area contributed by atoms with Gasteiger partial charge in [-0.15, -0.1) is 0 Å². The Labute approximate surface area is 108 Å². The van der Waals surface area contributed by atoms with Crippen LogP contribution >= 0.6 is 0 Å². The second-order valence-corrected chi connectivity index (χ2v) is 5.11. The molecule has 0 spiro atoms. The Balaban J connectivity index is 2.18. The predicted molar refractivity (Wildman–Crippen MR) is 75.4 cm³/mol. The van der Waals surface area contributed by atoms with E-state index in [9.17, 15) is 0 Å². The molecule has 0 aliphatic carbocycles. The number of oxime groups is 1. The van der Waals surface area contributed by atoms with Crippen molar-refractivity contribution in [3.63, 3.8) is 0 Å². The number of rotatable bonds is 4. The van der Waals surface area contributed by atoms with Crippen LogP contribution in [0.5, 0.6) is 0 Å². The van der Waals surface area contributed by atoms with Crippen LogP contribution in [0.15, 0.2) is 29.6 Å². The molecule has 0 bridgehead atoms. The van der Waals surface area contributed by atoms with Gasteiger partial charge in [0.15, 0.2) is 0 Å². The fourth-order valence-electron chi connectivity index (χ4n) is 2.22. The molecule has 1 heterocycles. The smallest absolute Gasteiger partial charge is 0.0599 e. The van der Waals surface area contributed by atoms with Crippen LogP contribution < -0.4 is 0 Å². The molecule has 18 heavy (non-hydrogen) atoms. The number of aromatic nitrogens is 1. The summed E-state index contributed by atoms with van der Waals surface area (Å²) < 4.78 is 0. The largest absolute Gasteiger partial charge is 0.411 e. The van der Waals surface area contributed by atoms with Gasteiger partial charge in [0.25, 0.3) is 0 Å². The van der Waals surface area contributed by atoms with Gasteiger partial charge in [-0.05, 0) is 42.9 Å². The predicted octanol–water partition coefficient (Wildman–Crippen LogP) is 3.90. The first kappa shape index (κ1) is 12.7. The van der Waals surface area contributed by atoms with E-state index in [-0.39, 0.29) is 0 Å². The third-order valence-corrected chi connectivity index (χ3v) is 3.37. The Bertz CT molecular complexity index is 567. The highest BCUT2D eigenvalue weighted by Crippen LogP contribution is 2.21. The number of H-pyrrole nitrogens is 1. The molecule has 0 atom stereocenters. The fraction of sp³-hybridized carbons (Fsp3) is 0.400. The zero-order valence-electron chi connectivity index (χ0n) is 11.2. The molecule has 0 aliphatic rings. The Kier molecular flexibility index (Phi) is 3.70. The first-order valence-electron chi connectivity index (χ1n) is 6.39. The highest BCUT2D eigenvalue weighted by atomic mass is 16.4. The van der Waals surface area contributed by atoms with Gasteiger partial charge in [0.1, 0.15) is 0 Å².